The third-order valence-electron chi connectivity index (χ3n) is 3.81. The molecule has 4 aromatic rings. The van der Waals surface area contributed by atoms with Crippen molar-refractivity contribution in [3.05, 3.63) is 66.0 Å². The number of hydrogen-bond acceptors (Lipinski definition) is 5. The fourth-order valence-corrected chi connectivity index (χ4v) is 2.62. The molecule has 0 unspecified atom stereocenters. The molecule has 0 saturated heterocycles. The molecule has 5 N–H and O–H groups in total. The zero-order valence-electron chi connectivity index (χ0n) is 13.7. The second-order valence-electron chi connectivity index (χ2n) is 5.65. The number of fused-ring (bicyclic) bond motifs is 1. The van der Waals surface area contributed by atoms with E-state index in [-0.39, 0.29) is 11.9 Å². The van der Waals surface area contributed by atoms with Crippen LogP contribution in [0.4, 0.5) is 11.9 Å². The number of nitrogens with zero attached hydrogens (tertiary/aromatic N) is 2. The van der Waals surface area contributed by atoms with Gasteiger partial charge in [-0.25, -0.2) is 9.97 Å². The van der Waals surface area contributed by atoms with E-state index in [9.17, 15) is 4.79 Å². The summed E-state index contributed by atoms with van der Waals surface area (Å²) >= 11 is 0. The fourth-order valence-electron chi connectivity index (χ4n) is 2.62. The maximum atomic E-state index is 12.6. The summed E-state index contributed by atoms with van der Waals surface area (Å²) in [5.74, 6) is 0.759. The van der Waals surface area contributed by atoms with E-state index in [1.807, 2.05) is 30.3 Å². The van der Waals surface area contributed by atoms with Crippen LogP contribution in [-0.2, 0) is 6.61 Å². The lowest BCUT2D eigenvalue weighted by atomic mass is 10.1. The average molecular weight is 348 g/mol. The van der Waals surface area contributed by atoms with Gasteiger partial charge in [0.25, 0.3) is 5.91 Å². The molecule has 8 nitrogen and oxygen atoms in total. The first-order valence-electron chi connectivity index (χ1n) is 7.96. The first-order valence-corrected chi connectivity index (χ1v) is 7.96. The Kier molecular flexibility index (Phi) is 3.98. The number of ether oxygens (including phenoxy) is 1. The number of imidazole rings is 2. The standard InChI is InChI=1S/C18H16N6O2/c19-17-22-14-9-12(26-10-11-4-2-1-3-5-11)8-13(15(14)23-17)16(25)24-18-20-6-7-21-18/h1-9H,10H2,(H3,19,22,23)(H2,20,21,24,25). The minimum Gasteiger partial charge on any atom is -0.489 e. The van der Waals surface area contributed by atoms with Crippen LogP contribution in [0.3, 0.4) is 0 Å². The van der Waals surface area contributed by atoms with Crippen LogP contribution >= 0.6 is 0 Å². The van der Waals surface area contributed by atoms with E-state index in [1.165, 1.54) is 0 Å². The Morgan fingerprint density at radius 1 is 1.23 bits per heavy atom. The number of aromatic amines is 2. The quantitative estimate of drug-likeness (QED) is 0.442. The molecule has 0 bridgehead atoms. The van der Waals surface area contributed by atoms with Gasteiger partial charge in [-0.05, 0) is 11.6 Å². The molecule has 0 spiro atoms. The first kappa shape index (κ1) is 15.7. The lowest BCUT2D eigenvalue weighted by Crippen LogP contribution is -2.14. The first-order chi connectivity index (χ1) is 12.7. The van der Waals surface area contributed by atoms with Crippen LogP contribution in [0.5, 0.6) is 5.75 Å². The highest BCUT2D eigenvalue weighted by Gasteiger charge is 2.16. The predicted octanol–water partition coefficient (Wildman–Crippen LogP) is 2.70. The zero-order valence-corrected chi connectivity index (χ0v) is 13.7. The average Bonchev–Trinajstić information content (AvgIpc) is 3.28. The number of nitrogens with one attached hydrogen (secondary N) is 3. The van der Waals surface area contributed by atoms with Crippen LogP contribution in [0, 0.1) is 0 Å². The van der Waals surface area contributed by atoms with Crippen molar-refractivity contribution >= 4 is 28.8 Å². The molecular formula is C18H16N6O2. The van der Waals surface area contributed by atoms with Crippen molar-refractivity contribution < 1.29 is 9.53 Å². The molecule has 0 aliphatic carbocycles. The van der Waals surface area contributed by atoms with Crippen LogP contribution in [0.25, 0.3) is 11.0 Å². The molecule has 0 atom stereocenters. The third-order valence-corrected chi connectivity index (χ3v) is 3.81. The molecule has 0 fully saturated rings. The molecular weight excluding hydrogens is 332 g/mol. The van der Waals surface area contributed by atoms with Gasteiger partial charge in [-0.3, -0.25) is 10.1 Å². The monoisotopic (exact) mass is 348 g/mol. The number of benzene rings is 2. The zero-order chi connectivity index (χ0) is 17.9. The number of aromatic nitrogens is 4. The summed E-state index contributed by atoms with van der Waals surface area (Å²) in [4.78, 5) is 26.6. The summed E-state index contributed by atoms with van der Waals surface area (Å²) in [5, 5.41) is 2.69. The van der Waals surface area contributed by atoms with Crippen LogP contribution in [-0.4, -0.2) is 25.8 Å². The minimum absolute atomic E-state index is 0.229. The van der Waals surface area contributed by atoms with Gasteiger partial charge in [0.2, 0.25) is 5.95 Å². The van der Waals surface area contributed by atoms with Crippen molar-refractivity contribution in [3.8, 4) is 5.75 Å². The lowest BCUT2D eigenvalue weighted by molar-refractivity contribution is 0.102. The lowest BCUT2D eigenvalue weighted by Gasteiger charge is -2.09. The number of H-pyrrole nitrogens is 2. The fraction of sp³-hybridized carbons (Fsp3) is 0.0556. The van der Waals surface area contributed by atoms with Crippen molar-refractivity contribution in [2.75, 3.05) is 11.1 Å². The van der Waals surface area contributed by atoms with Gasteiger partial charge in [0.1, 0.15) is 12.4 Å². The number of anilines is 2. The van der Waals surface area contributed by atoms with E-state index in [1.54, 1.807) is 24.5 Å². The highest BCUT2D eigenvalue weighted by atomic mass is 16.5. The number of carbonyl (C=O) groups is 1. The van der Waals surface area contributed by atoms with Crippen LogP contribution in [0.2, 0.25) is 0 Å². The number of hydrogen-bond donors (Lipinski definition) is 4. The molecule has 26 heavy (non-hydrogen) atoms. The Morgan fingerprint density at radius 3 is 2.85 bits per heavy atom. The number of carbonyl (C=O) groups excluding carboxylic acids is 1. The molecule has 2 heterocycles. The van der Waals surface area contributed by atoms with Crippen molar-refractivity contribution in [2.45, 2.75) is 6.61 Å². The van der Waals surface area contributed by atoms with Crippen LogP contribution in [0.1, 0.15) is 15.9 Å². The van der Waals surface area contributed by atoms with Crippen molar-refractivity contribution in [1.29, 1.82) is 0 Å². The second kappa shape index (κ2) is 6.60. The van der Waals surface area contributed by atoms with Gasteiger partial charge < -0.3 is 20.4 Å². The normalized spacial score (nSPS) is 10.8. The smallest absolute Gasteiger partial charge is 0.260 e. The van der Waals surface area contributed by atoms with Gasteiger partial charge in [0.05, 0.1) is 16.6 Å². The van der Waals surface area contributed by atoms with E-state index in [0.29, 0.717) is 34.9 Å². The highest BCUT2D eigenvalue weighted by molar-refractivity contribution is 6.11. The predicted molar refractivity (Wildman–Crippen MR) is 97.8 cm³/mol. The number of nitrogen functional groups attached to an aromatic ring is 1. The number of rotatable bonds is 5. The number of nitrogens with two attached hydrogens (primary N) is 1. The Hall–Kier alpha value is -3.81. The van der Waals surface area contributed by atoms with Crippen LogP contribution < -0.4 is 15.8 Å². The van der Waals surface area contributed by atoms with Crippen molar-refractivity contribution in [3.63, 3.8) is 0 Å². The summed E-state index contributed by atoms with van der Waals surface area (Å²) in [7, 11) is 0. The molecule has 4 rings (SSSR count). The second-order valence-corrected chi connectivity index (χ2v) is 5.65. The largest absolute Gasteiger partial charge is 0.489 e. The van der Waals surface area contributed by atoms with Gasteiger partial charge in [-0.15, -0.1) is 0 Å². The van der Waals surface area contributed by atoms with E-state index in [0.717, 1.165) is 5.56 Å². The topological polar surface area (TPSA) is 122 Å². The summed E-state index contributed by atoms with van der Waals surface area (Å²) in [6.07, 6.45) is 3.18. The highest BCUT2D eigenvalue weighted by Crippen LogP contribution is 2.26. The van der Waals surface area contributed by atoms with Gasteiger partial charge in [0.15, 0.2) is 5.95 Å². The molecule has 2 aromatic heterocycles. The van der Waals surface area contributed by atoms with E-state index >= 15 is 0 Å². The molecule has 0 saturated carbocycles. The molecule has 0 aliphatic rings. The van der Waals surface area contributed by atoms with Gasteiger partial charge in [-0.1, -0.05) is 30.3 Å². The van der Waals surface area contributed by atoms with Crippen molar-refractivity contribution in [1.82, 2.24) is 19.9 Å². The Bertz CT molecular complexity index is 1040. The molecule has 2 aromatic carbocycles. The van der Waals surface area contributed by atoms with E-state index < -0.39 is 0 Å². The summed E-state index contributed by atoms with van der Waals surface area (Å²) in [6.45, 7) is 0.380. The molecule has 130 valence electrons. The molecule has 0 aliphatic heterocycles. The Balaban J connectivity index is 1.65. The summed E-state index contributed by atoms with van der Waals surface area (Å²) in [5.41, 5.74) is 8.24. The summed E-state index contributed by atoms with van der Waals surface area (Å²) < 4.78 is 5.84. The molecule has 8 heteroatoms. The van der Waals surface area contributed by atoms with Crippen LogP contribution in [0.15, 0.2) is 54.9 Å². The maximum absolute atomic E-state index is 12.6. The number of amides is 1. The van der Waals surface area contributed by atoms with Gasteiger partial charge in [0, 0.05) is 18.5 Å². The third kappa shape index (κ3) is 3.20. The van der Waals surface area contributed by atoms with Gasteiger partial charge >= 0.3 is 0 Å². The van der Waals surface area contributed by atoms with Gasteiger partial charge in [-0.2, -0.15) is 0 Å². The Labute approximate surface area is 148 Å². The molecule has 0 radical (unpaired) electrons. The van der Waals surface area contributed by atoms with E-state index in [2.05, 4.69) is 25.3 Å². The van der Waals surface area contributed by atoms with E-state index in [4.69, 9.17) is 10.5 Å². The molecule has 1 amide bonds. The SMILES string of the molecule is Nc1nc2cc(OCc3ccccc3)cc(C(=O)Nc3ncc[nH]3)c2[nH]1. The Morgan fingerprint density at radius 2 is 2.08 bits per heavy atom. The van der Waals surface area contributed by atoms with Crippen molar-refractivity contribution in [2.24, 2.45) is 0 Å². The maximum Gasteiger partial charge on any atom is 0.260 e. The summed E-state index contributed by atoms with van der Waals surface area (Å²) in [6, 6.07) is 13.2. The minimum atomic E-state index is -0.348.